The van der Waals surface area contributed by atoms with Gasteiger partial charge in [0.05, 0.1) is 18.7 Å². The standard InChI is InChI=1S/C26H32N2O5/c1-16(27-25(31)33-26(2,3)4)23(29)19-13-9-10-17-14-15-20(32-5)22(21(17)19)24(30)28-18-11-7-6-8-12-18/h6-8,11-12,14-16,19H,9-10,13H2,1-5H3,(H,27,31)(H,28,30)/t16-,19?/m0/s1. The lowest BCUT2D eigenvalue weighted by Crippen LogP contribution is -2.44. The van der Waals surface area contributed by atoms with Gasteiger partial charge in [-0.3, -0.25) is 9.59 Å². The molecule has 176 valence electrons. The monoisotopic (exact) mass is 452 g/mol. The van der Waals surface area contributed by atoms with Crippen molar-refractivity contribution in [2.45, 2.75) is 64.5 Å². The maximum absolute atomic E-state index is 13.5. The predicted octanol–water partition coefficient (Wildman–Crippen LogP) is 4.85. The van der Waals surface area contributed by atoms with Crippen LogP contribution in [0.4, 0.5) is 10.5 Å². The number of hydrogen-bond donors (Lipinski definition) is 2. The van der Waals surface area contributed by atoms with Gasteiger partial charge in [-0.1, -0.05) is 24.3 Å². The van der Waals surface area contributed by atoms with Crippen LogP contribution in [0, 0.1) is 0 Å². The fraction of sp³-hybridized carbons (Fsp3) is 0.423. The Morgan fingerprint density at radius 3 is 2.39 bits per heavy atom. The highest BCUT2D eigenvalue weighted by Crippen LogP contribution is 2.39. The molecule has 1 aliphatic rings. The van der Waals surface area contributed by atoms with Crippen LogP contribution >= 0.6 is 0 Å². The average Bonchev–Trinajstić information content (AvgIpc) is 2.76. The summed E-state index contributed by atoms with van der Waals surface area (Å²) < 4.78 is 10.8. The molecule has 0 aromatic heterocycles. The lowest BCUT2D eigenvalue weighted by atomic mass is 9.76. The molecule has 0 saturated heterocycles. The number of hydrogen-bond acceptors (Lipinski definition) is 5. The van der Waals surface area contributed by atoms with Crippen LogP contribution in [0.1, 0.15) is 67.9 Å². The van der Waals surface area contributed by atoms with Crippen LogP contribution in [-0.4, -0.2) is 36.5 Å². The number of benzene rings is 2. The maximum atomic E-state index is 13.5. The molecule has 2 atom stereocenters. The molecular formula is C26H32N2O5. The normalized spacial score (nSPS) is 16.2. The topological polar surface area (TPSA) is 93.7 Å². The molecule has 1 unspecified atom stereocenters. The fourth-order valence-corrected chi connectivity index (χ4v) is 4.16. The Balaban J connectivity index is 1.93. The molecule has 0 fully saturated rings. The summed E-state index contributed by atoms with van der Waals surface area (Å²) in [5.41, 5.74) is 1.97. The zero-order chi connectivity index (χ0) is 24.2. The number of fused-ring (bicyclic) bond motifs is 1. The van der Waals surface area contributed by atoms with Crippen molar-refractivity contribution in [1.82, 2.24) is 5.32 Å². The lowest BCUT2D eigenvalue weighted by Gasteiger charge is -2.30. The molecule has 0 heterocycles. The van der Waals surface area contributed by atoms with Gasteiger partial charge >= 0.3 is 6.09 Å². The van der Waals surface area contributed by atoms with Crippen LogP contribution in [0.5, 0.6) is 5.75 Å². The SMILES string of the molecule is COc1ccc2c(c1C(=O)Nc1ccccc1)C(C(=O)[C@H](C)NC(=O)OC(C)(C)C)CCC2. The van der Waals surface area contributed by atoms with Gasteiger partial charge in [0.2, 0.25) is 0 Å². The van der Waals surface area contributed by atoms with Crippen molar-refractivity contribution in [2.24, 2.45) is 0 Å². The Kier molecular flexibility index (Phi) is 7.41. The molecule has 0 aliphatic heterocycles. The Morgan fingerprint density at radius 2 is 1.76 bits per heavy atom. The third-order valence-electron chi connectivity index (χ3n) is 5.57. The second-order valence-corrected chi connectivity index (χ2v) is 9.25. The van der Waals surface area contributed by atoms with Crippen LogP contribution in [0.2, 0.25) is 0 Å². The zero-order valence-electron chi connectivity index (χ0n) is 19.9. The number of aryl methyl sites for hydroxylation is 1. The van der Waals surface area contributed by atoms with Gasteiger partial charge in [-0.25, -0.2) is 4.79 Å². The number of alkyl carbamates (subject to hydrolysis) is 1. The number of para-hydroxylation sites is 1. The number of ether oxygens (including phenoxy) is 2. The number of carbonyl (C=O) groups is 3. The zero-order valence-corrected chi connectivity index (χ0v) is 19.9. The van der Waals surface area contributed by atoms with Crippen molar-refractivity contribution in [2.75, 3.05) is 12.4 Å². The number of amides is 2. The van der Waals surface area contributed by atoms with Gasteiger partial charge in [-0.2, -0.15) is 0 Å². The summed E-state index contributed by atoms with van der Waals surface area (Å²) in [6.07, 6.45) is 1.52. The maximum Gasteiger partial charge on any atom is 0.408 e. The molecule has 0 saturated carbocycles. The van der Waals surface area contributed by atoms with E-state index in [2.05, 4.69) is 10.6 Å². The van der Waals surface area contributed by atoms with Gasteiger partial charge in [-0.15, -0.1) is 0 Å². The number of nitrogens with one attached hydrogen (secondary N) is 2. The van der Waals surface area contributed by atoms with Crippen molar-refractivity contribution in [3.05, 3.63) is 59.2 Å². The minimum absolute atomic E-state index is 0.163. The predicted molar refractivity (Wildman–Crippen MR) is 127 cm³/mol. The summed E-state index contributed by atoms with van der Waals surface area (Å²) in [6, 6.07) is 12.1. The average molecular weight is 453 g/mol. The van der Waals surface area contributed by atoms with Gasteiger partial charge in [0, 0.05) is 11.6 Å². The van der Waals surface area contributed by atoms with Gasteiger partial charge in [0.25, 0.3) is 5.91 Å². The molecule has 2 N–H and O–H groups in total. The van der Waals surface area contributed by atoms with Gasteiger partial charge in [0.15, 0.2) is 5.78 Å². The first kappa shape index (κ1) is 24.3. The highest BCUT2D eigenvalue weighted by Gasteiger charge is 2.35. The first-order valence-electron chi connectivity index (χ1n) is 11.2. The molecule has 33 heavy (non-hydrogen) atoms. The van der Waals surface area contributed by atoms with Gasteiger partial charge in [0.1, 0.15) is 11.4 Å². The van der Waals surface area contributed by atoms with E-state index in [0.29, 0.717) is 29.0 Å². The minimum Gasteiger partial charge on any atom is -0.496 e. The number of rotatable bonds is 6. The van der Waals surface area contributed by atoms with E-state index >= 15 is 0 Å². The number of methoxy groups -OCH3 is 1. The van der Waals surface area contributed by atoms with E-state index in [1.807, 2.05) is 24.3 Å². The highest BCUT2D eigenvalue weighted by atomic mass is 16.6. The minimum atomic E-state index is -0.771. The molecular weight excluding hydrogens is 420 g/mol. The summed E-state index contributed by atoms with van der Waals surface area (Å²) in [6.45, 7) is 6.94. The van der Waals surface area contributed by atoms with E-state index in [1.165, 1.54) is 7.11 Å². The Morgan fingerprint density at radius 1 is 1.06 bits per heavy atom. The van der Waals surface area contributed by atoms with Crippen LogP contribution in [0.15, 0.2) is 42.5 Å². The summed E-state index contributed by atoms with van der Waals surface area (Å²) in [5, 5.41) is 5.55. The summed E-state index contributed by atoms with van der Waals surface area (Å²) >= 11 is 0. The smallest absolute Gasteiger partial charge is 0.408 e. The number of ketones is 1. The lowest BCUT2D eigenvalue weighted by molar-refractivity contribution is -0.122. The summed E-state index contributed by atoms with van der Waals surface area (Å²) in [7, 11) is 1.51. The molecule has 0 radical (unpaired) electrons. The van der Waals surface area contributed by atoms with Crippen LogP contribution in [-0.2, 0) is 16.0 Å². The summed E-state index contributed by atoms with van der Waals surface area (Å²) in [4.78, 5) is 39.0. The van der Waals surface area contributed by atoms with Crippen LogP contribution < -0.4 is 15.4 Å². The van der Waals surface area contributed by atoms with Crippen LogP contribution in [0.3, 0.4) is 0 Å². The van der Waals surface area contributed by atoms with E-state index in [4.69, 9.17) is 9.47 Å². The molecule has 1 aliphatic carbocycles. The number of Topliss-reactive ketones (excluding diaryl/α,β-unsaturated/α-hetero) is 1. The quantitative estimate of drug-likeness (QED) is 0.653. The molecule has 3 rings (SSSR count). The third kappa shape index (κ3) is 5.92. The molecule has 0 bridgehead atoms. The van der Waals surface area contributed by atoms with Crippen molar-refractivity contribution in [3.63, 3.8) is 0 Å². The highest BCUT2D eigenvalue weighted by molar-refractivity contribution is 6.09. The van der Waals surface area contributed by atoms with E-state index in [9.17, 15) is 14.4 Å². The van der Waals surface area contributed by atoms with E-state index in [0.717, 1.165) is 18.4 Å². The molecule has 0 spiro atoms. The van der Waals surface area contributed by atoms with Crippen molar-refractivity contribution in [1.29, 1.82) is 0 Å². The van der Waals surface area contributed by atoms with Gasteiger partial charge < -0.3 is 20.1 Å². The fourth-order valence-electron chi connectivity index (χ4n) is 4.16. The van der Waals surface area contributed by atoms with Crippen LogP contribution in [0.25, 0.3) is 0 Å². The summed E-state index contributed by atoms with van der Waals surface area (Å²) in [5.74, 6) is -0.619. The molecule has 7 heteroatoms. The molecule has 2 aromatic carbocycles. The van der Waals surface area contributed by atoms with Crippen molar-refractivity contribution < 1.29 is 23.9 Å². The third-order valence-corrected chi connectivity index (χ3v) is 5.57. The Labute approximate surface area is 194 Å². The van der Waals surface area contributed by atoms with Crippen molar-refractivity contribution in [3.8, 4) is 5.75 Å². The van der Waals surface area contributed by atoms with E-state index < -0.39 is 23.7 Å². The van der Waals surface area contributed by atoms with E-state index in [-0.39, 0.29) is 11.7 Å². The molecule has 2 aromatic rings. The van der Waals surface area contributed by atoms with Crippen molar-refractivity contribution >= 4 is 23.5 Å². The van der Waals surface area contributed by atoms with E-state index in [1.54, 1.807) is 45.9 Å². The number of carbonyl (C=O) groups excluding carboxylic acids is 3. The molecule has 2 amide bonds. The Hall–Kier alpha value is -3.35. The molecule has 7 nitrogen and oxygen atoms in total. The second-order valence-electron chi connectivity index (χ2n) is 9.25. The first-order chi connectivity index (χ1) is 15.6. The number of anilines is 1. The Bertz CT molecular complexity index is 1030. The first-order valence-corrected chi connectivity index (χ1v) is 11.2. The second kappa shape index (κ2) is 10.1. The largest absolute Gasteiger partial charge is 0.496 e. The van der Waals surface area contributed by atoms with Gasteiger partial charge in [-0.05, 0) is 76.3 Å².